The predicted octanol–water partition coefficient (Wildman–Crippen LogP) is 0.887. The van der Waals surface area contributed by atoms with Gasteiger partial charge in [0.1, 0.15) is 6.04 Å². The highest BCUT2D eigenvalue weighted by Crippen LogP contribution is 2.20. The van der Waals surface area contributed by atoms with Crippen molar-refractivity contribution in [3.8, 4) is 0 Å². The Bertz CT molecular complexity index is 581. The number of aromatic nitrogens is 2. The molecule has 21 heavy (non-hydrogen) atoms. The van der Waals surface area contributed by atoms with E-state index in [2.05, 4.69) is 14.9 Å². The van der Waals surface area contributed by atoms with Crippen LogP contribution < -0.4 is 10.6 Å². The van der Waals surface area contributed by atoms with Crippen LogP contribution in [0.1, 0.15) is 10.9 Å². The number of nitrogens with two attached hydrogens (primary N) is 1. The summed E-state index contributed by atoms with van der Waals surface area (Å²) < 4.78 is 0. The smallest absolute Gasteiger partial charge is 0.245 e. The Labute approximate surface area is 127 Å². The molecular weight excluding hydrogens is 286 g/mol. The lowest BCUT2D eigenvalue weighted by Crippen LogP contribution is -2.51. The van der Waals surface area contributed by atoms with Crippen LogP contribution in [0.2, 0.25) is 0 Å². The molecule has 110 valence electrons. The Balaban J connectivity index is 1.59. The zero-order valence-electron chi connectivity index (χ0n) is 11.6. The first-order valence-electron chi connectivity index (χ1n) is 6.85. The molecule has 6 nitrogen and oxygen atoms in total. The quantitative estimate of drug-likeness (QED) is 0.911. The molecule has 0 radical (unpaired) electrons. The van der Waals surface area contributed by atoms with E-state index in [1.54, 1.807) is 18.5 Å². The maximum absolute atomic E-state index is 12.4. The minimum Gasteiger partial charge on any atom is -0.337 e. The molecule has 1 saturated heterocycles. The molecule has 1 amide bonds. The molecule has 0 aromatic carbocycles. The van der Waals surface area contributed by atoms with Gasteiger partial charge in [-0.2, -0.15) is 0 Å². The zero-order chi connectivity index (χ0) is 14.7. The third-order valence-corrected chi connectivity index (χ3v) is 4.50. The predicted molar refractivity (Wildman–Crippen MR) is 82.1 cm³/mol. The van der Waals surface area contributed by atoms with E-state index in [1.165, 1.54) is 11.3 Å². The molecular formula is C14H17N5OS. The number of carbonyl (C=O) groups is 1. The lowest BCUT2D eigenvalue weighted by atomic mass is 10.2. The van der Waals surface area contributed by atoms with Crippen molar-refractivity contribution in [2.75, 3.05) is 31.1 Å². The Morgan fingerprint density at radius 3 is 2.52 bits per heavy atom. The minimum absolute atomic E-state index is 0.00826. The number of amides is 1. The zero-order valence-corrected chi connectivity index (χ0v) is 12.4. The third-order valence-electron chi connectivity index (χ3n) is 3.54. The first-order valence-corrected chi connectivity index (χ1v) is 7.73. The fourth-order valence-electron chi connectivity index (χ4n) is 2.37. The van der Waals surface area contributed by atoms with E-state index in [-0.39, 0.29) is 5.91 Å². The van der Waals surface area contributed by atoms with Crippen molar-refractivity contribution in [2.45, 2.75) is 6.04 Å². The lowest BCUT2D eigenvalue weighted by Gasteiger charge is -2.35. The molecule has 0 saturated carbocycles. The van der Waals surface area contributed by atoms with Crippen molar-refractivity contribution in [1.82, 2.24) is 14.9 Å². The van der Waals surface area contributed by atoms with Gasteiger partial charge in [-0.05, 0) is 17.5 Å². The van der Waals surface area contributed by atoms with Crippen LogP contribution in [0.25, 0.3) is 0 Å². The summed E-state index contributed by atoms with van der Waals surface area (Å²) in [6.07, 6.45) is 3.46. The molecule has 0 aliphatic carbocycles. The molecule has 0 bridgehead atoms. The molecule has 7 heteroatoms. The highest BCUT2D eigenvalue weighted by atomic mass is 32.1. The van der Waals surface area contributed by atoms with E-state index in [0.29, 0.717) is 19.0 Å². The maximum Gasteiger partial charge on any atom is 0.245 e. The van der Waals surface area contributed by atoms with Gasteiger partial charge in [0.2, 0.25) is 11.9 Å². The van der Waals surface area contributed by atoms with Gasteiger partial charge in [0.15, 0.2) is 0 Å². The van der Waals surface area contributed by atoms with Crippen LogP contribution in [0.15, 0.2) is 36.0 Å². The molecule has 1 fully saturated rings. The number of nitrogens with zero attached hydrogens (tertiary/aromatic N) is 4. The van der Waals surface area contributed by atoms with E-state index >= 15 is 0 Å². The second-order valence-electron chi connectivity index (χ2n) is 4.85. The molecule has 2 N–H and O–H groups in total. The summed E-state index contributed by atoms with van der Waals surface area (Å²) in [4.78, 5) is 25.7. The second-order valence-corrected chi connectivity index (χ2v) is 5.83. The average Bonchev–Trinajstić information content (AvgIpc) is 3.09. The number of hydrogen-bond acceptors (Lipinski definition) is 6. The van der Waals surface area contributed by atoms with Crippen molar-refractivity contribution in [2.24, 2.45) is 5.73 Å². The Morgan fingerprint density at radius 1 is 1.19 bits per heavy atom. The molecule has 1 atom stereocenters. The van der Waals surface area contributed by atoms with Crippen LogP contribution in [0.5, 0.6) is 0 Å². The number of anilines is 1. The third kappa shape index (κ3) is 3.03. The normalized spacial score (nSPS) is 16.8. The summed E-state index contributed by atoms with van der Waals surface area (Å²) in [6, 6.07) is 5.06. The fraction of sp³-hybridized carbons (Fsp3) is 0.357. The van der Waals surface area contributed by atoms with E-state index in [1.807, 2.05) is 22.4 Å². The molecule has 0 spiro atoms. The van der Waals surface area contributed by atoms with Crippen molar-refractivity contribution in [3.63, 3.8) is 0 Å². The van der Waals surface area contributed by atoms with Crippen LogP contribution in [0, 0.1) is 0 Å². The van der Waals surface area contributed by atoms with Crippen LogP contribution >= 0.6 is 11.3 Å². The molecule has 2 aromatic heterocycles. The SMILES string of the molecule is NC(C(=O)N1CCN(c2ncccn2)CC1)c1cccs1. The van der Waals surface area contributed by atoms with Crippen LogP contribution in [-0.4, -0.2) is 47.0 Å². The van der Waals surface area contributed by atoms with Gasteiger partial charge in [-0.25, -0.2) is 9.97 Å². The topological polar surface area (TPSA) is 75.4 Å². The van der Waals surface area contributed by atoms with Crippen LogP contribution in [0.4, 0.5) is 5.95 Å². The maximum atomic E-state index is 12.4. The van der Waals surface area contributed by atoms with Gasteiger partial charge >= 0.3 is 0 Å². The van der Waals surface area contributed by atoms with Gasteiger partial charge in [-0.3, -0.25) is 4.79 Å². The Hall–Kier alpha value is -1.99. The highest BCUT2D eigenvalue weighted by molar-refractivity contribution is 7.10. The number of carbonyl (C=O) groups excluding carboxylic acids is 1. The summed E-state index contributed by atoms with van der Waals surface area (Å²) in [7, 11) is 0. The average molecular weight is 303 g/mol. The van der Waals surface area contributed by atoms with Gasteiger partial charge in [-0.1, -0.05) is 6.07 Å². The van der Waals surface area contributed by atoms with Crippen molar-refractivity contribution >= 4 is 23.2 Å². The number of rotatable bonds is 3. The highest BCUT2D eigenvalue weighted by Gasteiger charge is 2.27. The molecule has 3 heterocycles. The summed E-state index contributed by atoms with van der Waals surface area (Å²) in [5.74, 6) is 0.707. The van der Waals surface area contributed by atoms with Gasteiger partial charge in [0.05, 0.1) is 0 Å². The van der Waals surface area contributed by atoms with Crippen LogP contribution in [-0.2, 0) is 4.79 Å². The monoisotopic (exact) mass is 303 g/mol. The van der Waals surface area contributed by atoms with Gasteiger partial charge in [-0.15, -0.1) is 11.3 Å². The van der Waals surface area contributed by atoms with Crippen molar-refractivity contribution in [3.05, 3.63) is 40.8 Å². The first-order chi connectivity index (χ1) is 10.3. The Kier molecular flexibility index (Phi) is 4.12. The lowest BCUT2D eigenvalue weighted by molar-refractivity contribution is -0.133. The molecule has 1 aliphatic heterocycles. The summed E-state index contributed by atoms with van der Waals surface area (Å²) in [5.41, 5.74) is 6.04. The summed E-state index contributed by atoms with van der Waals surface area (Å²) >= 11 is 1.52. The van der Waals surface area contributed by atoms with E-state index in [0.717, 1.165) is 18.0 Å². The largest absolute Gasteiger partial charge is 0.337 e. The van der Waals surface area contributed by atoms with Gasteiger partial charge in [0.25, 0.3) is 0 Å². The molecule has 3 rings (SSSR count). The van der Waals surface area contributed by atoms with Crippen molar-refractivity contribution < 1.29 is 4.79 Å². The van der Waals surface area contributed by atoms with Crippen molar-refractivity contribution in [1.29, 1.82) is 0 Å². The van der Waals surface area contributed by atoms with E-state index in [9.17, 15) is 4.79 Å². The Morgan fingerprint density at radius 2 is 1.90 bits per heavy atom. The number of hydrogen-bond donors (Lipinski definition) is 1. The van der Waals surface area contributed by atoms with Gasteiger partial charge in [0, 0.05) is 43.4 Å². The van der Waals surface area contributed by atoms with E-state index < -0.39 is 6.04 Å². The minimum atomic E-state index is -0.551. The number of piperazine rings is 1. The molecule has 1 aliphatic rings. The summed E-state index contributed by atoms with van der Waals surface area (Å²) in [5, 5.41) is 1.94. The van der Waals surface area contributed by atoms with Crippen LogP contribution in [0.3, 0.4) is 0 Å². The second kappa shape index (κ2) is 6.19. The summed E-state index contributed by atoms with van der Waals surface area (Å²) in [6.45, 7) is 2.76. The number of thiophene rings is 1. The standard InChI is InChI=1S/C14H17N5OS/c15-12(11-3-1-10-21-11)13(20)18-6-8-19(9-7-18)14-16-4-2-5-17-14/h1-5,10,12H,6-9,15H2. The van der Waals surface area contributed by atoms with Gasteiger partial charge < -0.3 is 15.5 Å². The fourth-order valence-corrected chi connectivity index (χ4v) is 3.09. The molecule has 1 unspecified atom stereocenters. The molecule has 2 aromatic rings. The first kappa shape index (κ1) is 14.0. The van der Waals surface area contributed by atoms with E-state index in [4.69, 9.17) is 5.73 Å².